The van der Waals surface area contributed by atoms with Crippen LogP contribution in [0.1, 0.15) is 5.56 Å². The molecule has 0 N–H and O–H groups in total. The Kier molecular flexibility index (Phi) is 4.86. The molecule has 0 bridgehead atoms. The molecular formula is C20H16FN3S2. The fourth-order valence-electron chi connectivity index (χ4n) is 2.81. The van der Waals surface area contributed by atoms with Gasteiger partial charge in [-0.2, -0.15) is 0 Å². The fourth-order valence-corrected chi connectivity index (χ4v) is 4.64. The molecular weight excluding hydrogens is 365 g/mol. The van der Waals surface area contributed by atoms with Crippen molar-refractivity contribution in [1.82, 2.24) is 14.8 Å². The Morgan fingerprint density at radius 2 is 2.04 bits per heavy atom. The van der Waals surface area contributed by atoms with E-state index in [0.29, 0.717) is 12.3 Å². The van der Waals surface area contributed by atoms with E-state index in [1.807, 2.05) is 24.3 Å². The summed E-state index contributed by atoms with van der Waals surface area (Å²) in [5, 5.41) is 12.9. The maximum Gasteiger partial charge on any atom is 0.192 e. The Morgan fingerprint density at radius 1 is 1.15 bits per heavy atom. The van der Waals surface area contributed by atoms with Gasteiger partial charge in [0.05, 0.1) is 0 Å². The molecule has 4 rings (SSSR count). The van der Waals surface area contributed by atoms with Crippen LogP contribution in [0.5, 0.6) is 0 Å². The van der Waals surface area contributed by atoms with Crippen molar-refractivity contribution in [2.45, 2.75) is 17.5 Å². The van der Waals surface area contributed by atoms with Crippen LogP contribution in [0.25, 0.3) is 21.5 Å². The van der Waals surface area contributed by atoms with Crippen molar-refractivity contribution in [3.8, 4) is 11.4 Å². The molecule has 0 aliphatic rings. The molecule has 3 nitrogen and oxygen atoms in total. The van der Waals surface area contributed by atoms with Gasteiger partial charge in [-0.05, 0) is 23.8 Å². The molecule has 0 spiro atoms. The zero-order chi connectivity index (χ0) is 17.9. The number of fused-ring (bicyclic) bond motifs is 1. The topological polar surface area (TPSA) is 30.7 Å². The van der Waals surface area contributed by atoms with E-state index in [1.54, 1.807) is 35.2 Å². The van der Waals surface area contributed by atoms with Gasteiger partial charge in [-0.3, -0.25) is 4.57 Å². The number of allylic oxidation sites excluding steroid dienone is 1. The highest BCUT2D eigenvalue weighted by atomic mass is 32.2. The molecule has 0 saturated heterocycles. The second kappa shape index (κ2) is 7.43. The summed E-state index contributed by atoms with van der Waals surface area (Å²) >= 11 is 3.25. The van der Waals surface area contributed by atoms with Gasteiger partial charge in [-0.15, -0.1) is 28.1 Å². The Labute approximate surface area is 159 Å². The standard InChI is InChI=1S/C20H16FN3S2/c1-2-10-24-19(17-13-25-18-9-4-3-8-16(17)18)22-23-20(24)26-12-14-6-5-7-15(21)11-14/h2-9,11,13H,1,10,12H2. The highest BCUT2D eigenvalue weighted by Gasteiger charge is 2.16. The van der Waals surface area contributed by atoms with E-state index in [-0.39, 0.29) is 5.82 Å². The van der Waals surface area contributed by atoms with Crippen molar-refractivity contribution < 1.29 is 4.39 Å². The zero-order valence-corrected chi connectivity index (χ0v) is 15.6. The first kappa shape index (κ1) is 17.0. The van der Waals surface area contributed by atoms with Crippen molar-refractivity contribution in [1.29, 1.82) is 0 Å². The predicted octanol–water partition coefficient (Wildman–Crippen LogP) is 5.78. The quantitative estimate of drug-likeness (QED) is 0.313. The summed E-state index contributed by atoms with van der Waals surface area (Å²) in [6, 6.07) is 14.9. The van der Waals surface area contributed by atoms with Crippen molar-refractivity contribution in [3.63, 3.8) is 0 Å². The molecule has 26 heavy (non-hydrogen) atoms. The second-order valence-electron chi connectivity index (χ2n) is 5.77. The van der Waals surface area contributed by atoms with Crippen molar-refractivity contribution in [2.75, 3.05) is 0 Å². The average Bonchev–Trinajstić information content (AvgIpc) is 3.24. The van der Waals surface area contributed by atoms with Gasteiger partial charge in [0.1, 0.15) is 5.82 Å². The molecule has 0 amide bonds. The van der Waals surface area contributed by atoms with Crippen LogP contribution in [0.2, 0.25) is 0 Å². The Balaban J connectivity index is 1.68. The lowest BCUT2D eigenvalue weighted by molar-refractivity contribution is 0.626. The Morgan fingerprint density at radius 3 is 2.88 bits per heavy atom. The fraction of sp³-hybridized carbons (Fsp3) is 0.100. The molecule has 6 heteroatoms. The first-order chi connectivity index (χ1) is 12.8. The molecule has 0 fully saturated rings. The summed E-state index contributed by atoms with van der Waals surface area (Å²) < 4.78 is 16.7. The van der Waals surface area contributed by atoms with Gasteiger partial charge in [0.2, 0.25) is 0 Å². The molecule has 0 atom stereocenters. The van der Waals surface area contributed by atoms with Gasteiger partial charge in [0.15, 0.2) is 11.0 Å². The minimum Gasteiger partial charge on any atom is -0.298 e. The number of thioether (sulfide) groups is 1. The summed E-state index contributed by atoms with van der Waals surface area (Å²) in [7, 11) is 0. The summed E-state index contributed by atoms with van der Waals surface area (Å²) in [5.41, 5.74) is 2.00. The van der Waals surface area contributed by atoms with E-state index in [2.05, 4.69) is 38.9 Å². The molecule has 4 aromatic rings. The lowest BCUT2D eigenvalue weighted by atomic mass is 10.1. The zero-order valence-electron chi connectivity index (χ0n) is 13.9. The highest BCUT2D eigenvalue weighted by Crippen LogP contribution is 2.34. The lowest BCUT2D eigenvalue weighted by Crippen LogP contribution is -2.00. The summed E-state index contributed by atoms with van der Waals surface area (Å²) in [4.78, 5) is 0. The molecule has 0 aliphatic heterocycles. The third kappa shape index (κ3) is 3.30. The number of thiophene rings is 1. The third-order valence-corrected chi connectivity index (χ3v) is 6.01. The van der Waals surface area contributed by atoms with Crippen LogP contribution in [0.3, 0.4) is 0 Å². The minimum absolute atomic E-state index is 0.221. The van der Waals surface area contributed by atoms with E-state index >= 15 is 0 Å². The highest BCUT2D eigenvalue weighted by molar-refractivity contribution is 7.98. The van der Waals surface area contributed by atoms with Crippen LogP contribution in [0, 0.1) is 5.82 Å². The van der Waals surface area contributed by atoms with Crippen LogP contribution in [0.4, 0.5) is 4.39 Å². The van der Waals surface area contributed by atoms with E-state index in [9.17, 15) is 4.39 Å². The van der Waals surface area contributed by atoms with E-state index in [0.717, 1.165) is 22.1 Å². The van der Waals surface area contributed by atoms with Crippen molar-refractivity contribution in [2.24, 2.45) is 0 Å². The molecule has 2 aromatic carbocycles. The van der Waals surface area contributed by atoms with Crippen molar-refractivity contribution >= 4 is 33.2 Å². The molecule has 0 radical (unpaired) electrons. The van der Waals surface area contributed by atoms with Gasteiger partial charge < -0.3 is 0 Å². The first-order valence-electron chi connectivity index (χ1n) is 8.14. The molecule has 2 aromatic heterocycles. The average molecular weight is 382 g/mol. The molecule has 0 unspecified atom stereocenters. The van der Waals surface area contributed by atoms with Crippen LogP contribution in [-0.2, 0) is 12.3 Å². The summed E-state index contributed by atoms with van der Waals surface area (Å²) in [6.07, 6.45) is 1.84. The van der Waals surface area contributed by atoms with Crippen LogP contribution >= 0.6 is 23.1 Å². The number of halogens is 1. The SMILES string of the molecule is C=CCn1c(SCc2cccc(F)c2)nnc1-c1csc2ccccc12. The van der Waals surface area contributed by atoms with Crippen LogP contribution < -0.4 is 0 Å². The normalized spacial score (nSPS) is 11.1. The van der Waals surface area contributed by atoms with Gasteiger partial charge >= 0.3 is 0 Å². The third-order valence-electron chi connectivity index (χ3n) is 4.01. The number of nitrogens with zero attached hydrogens (tertiary/aromatic N) is 3. The van der Waals surface area contributed by atoms with E-state index in [1.165, 1.54) is 16.2 Å². The minimum atomic E-state index is -0.221. The molecule has 130 valence electrons. The largest absolute Gasteiger partial charge is 0.298 e. The predicted molar refractivity (Wildman–Crippen MR) is 107 cm³/mol. The number of hydrogen-bond acceptors (Lipinski definition) is 4. The van der Waals surface area contributed by atoms with E-state index < -0.39 is 0 Å². The van der Waals surface area contributed by atoms with Gasteiger partial charge in [0, 0.05) is 33.3 Å². The number of benzene rings is 2. The number of rotatable bonds is 6. The smallest absolute Gasteiger partial charge is 0.192 e. The van der Waals surface area contributed by atoms with E-state index in [4.69, 9.17) is 0 Å². The van der Waals surface area contributed by atoms with Gasteiger partial charge in [-0.25, -0.2) is 4.39 Å². The lowest BCUT2D eigenvalue weighted by Gasteiger charge is -2.07. The van der Waals surface area contributed by atoms with Crippen molar-refractivity contribution in [3.05, 3.63) is 77.9 Å². The monoisotopic (exact) mass is 381 g/mol. The number of hydrogen-bond donors (Lipinski definition) is 0. The van der Waals surface area contributed by atoms with Crippen LogP contribution in [0.15, 0.2) is 71.7 Å². The number of aromatic nitrogens is 3. The van der Waals surface area contributed by atoms with Crippen LogP contribution in [-0.4, -0.2) is 14.8 Å². The second-order valence-corrected chi connectivity index (χ2v) is 7.62. The maximum absolute atomic E-state index is 13.4. The molecule has 0 aliphatic carbocycles. The van der Waals surface area contributed by atoms with Gasteiger partial charge in [-0.1, -0.05) is 48.2 Å². The van der Waals surface area contributed by atoms with Gasteiger partial charge in [0.25, 0.3) is 0 Å². The maximum atomic E-state index is 13.4. The summed E-state index contributed by atoms with van der Waals surface area (Å²) in [6.45, 7) is 4.48. The molecule has 2 heterocycles. The first-order valence-corrected chi connectivity index (χ1v) is 10.0. The Hall–Kier alpha value is -2.44. The summed E-state index contributed by atoms with van der Waals surface area (Å²) in [5.74, 6) is 1.25. The Bertz CT molecular complexity index is 1070. The molecule has 0 saturated carbocycles.